The molecule has 170 valence electrons. The third-order valence-electron chi connectivity index (χ3n) is 4.13. The van der Waals surface area contributed by atoms with Crippen molar-refractivity contribution in [3.63, 3.8) is 0 Å². The van der Waals surface area contributed by atoms with Crippen LogP contribution in [0.1, 0.15) is 0 Å². The van der Waals surface area contributed by atoms with Crippen LogP contribution >= 0.6 is 0 Å². The van der Waals surface area contributed by atoms with Crippen molar-refractivity contribution >= 4 is 60.9 Å². The van der Waals surface area contributed by atoms with Gasteiger partial charge in [-0.1, -0.05) is 0 Å². The summed E-state index contributed by atoms with van der Waals surface area (Å²) >= 11 is -5.15. The summed E-state index contributed by atoms with van der Waals surface area (Å²) in [5.41, 5.74) is -0.817. The number of fused-ring (bicyclic) bond motifs is 1. The third kappa shape index (κ3) is 4.83. The summed E-state index contributed by atoms with van der Waals surface area (Å²) in [6.07, 6.45) is 0. The molecule has 0 aromatic heterocycles. The molecule has 0 amide bonds. The van der Waals surface area contributed by atoms with E-state index in [9.17, 15) is 35.3 Å². The molecule has 0 unspecified atom stereocenters. The van der Waals surface area contributed by atoms with Crippen molar-refractivity contribution in [1.29, 1.82) is 0 Å². The quantitative estimate of drug-likeness (QED) is 0.148. The molecular formula is C16H13AsN2O11S2. The normalized spacial score (nSPS) is 13.1. The first-order valence-electron chi connectivity index (χ1n) is 8.14. The van der Waals surface area contributed by atoms with Crippen LogP contribution < -0.4 is 4.35 Å². The number of phenols is 2. The van der Waals surface area contributed by atoms with Gasteiger partial charge >= 0.3 is 160 Å². The van der Waals surface area contributed by atoms with Gasteiger partial charge in [0.15, 0.2) is 0 Å². The summed E-state index contributed by atoms with van der Waals surface area (Å²) in [7, 11) is -9.85. The predicted octanol–water partition coefficient (Wildman–Crippen LogP) is 0.721. The molecule has 16 heteroatoms. The average Bonchev–Trinajstić information content (AvgIpc) is 2.64. The number of hydrogen-bond donors (Lipinski definition) is 6. The molecular weight excluding hydrogens is 535 g/mol. The Hall–Kier alpha value is -2.78. The Labute approximate surface area is 182 Å². The van der Waals surface area contributed by atoms with Gasteiger partial charge in [-0.3, -0.25) is 4.55 Å². The van der Waals surface area contributed by atoms with E-state index in [2.05, 4.69) is 10.2 Å². The van der Waals surface area contributed by atoms with E-state index < -0.39 is 66.8 Å². The number of benzene rings is 3. The standard InChI is InChI=1S/C16H13AsN2O11S2/c20-12-7-11(31(25,26)27)5-8-6-13(32(28,29)30)15(16(21)14(8)12)19-18-10-3-1-9(2-4-10)17(22,23)24/h1-7,20-21H,(H2,22,23,24)(H,25,26,27)(H,28,29,30). The summed E-state index contributed by atoms with van der Waals surface area (Å²) < 4.78 is 94.3. The molecule has 0 saturated heterocycles. The van der Waals surface area contributed by atoms with Crippen LogP contribution in [0.2, 0.25) is 0 Å². The number of azo groups is 1. The monoisotopic (exact) mass is 548 g/mol. The number of aromatic hydroxyl groups is 2. The van der Waals surface area contributed by atoms with E-state index in [1.807, 2.05) is 0 Å². The number of nitrogens with zero attached hydrogens (tertiary/aromatic N) is 2. The van der Waals surface area contributed by atoms with Crippen LogP contribution in [0, 0.1) is 0 Å². The molecule has 0 aliphatic carbocycles. The van der Waals surface area contributed by atoms with E-state index in [0.717, 1.165) is 30.3 Å². The molecule has 6 N–H and O–H groups in total. The molecule has 0 saturated carbocycles. The van der Waals surface area contributed by atoms with E-state index in [1.54, 1.807) is 0 Å². The van der Waals surface area contributed by atoms with Crippen LogP contribution in [-0.2, 0) is 24.0 Å². The summed E-state index contributed by atoms with van der Waals surface area (Å²) in [4.78, 5) is -1.79. The van der Waals surface area contributed by atoms with E-state index >= 15 is 0 Å². The van der Waals surface area contributed by atoms with E-state index in [0.29, 0.717) is 12.1 Å². The maximum absolute atomic E-state index is 11.8. The van der Waals surface area contributed by atoms with E-state index in [-0.39, 0.29) is 15.4 Å². The number of rotatable bonds is 5. The van der Waals surface area contributed by atoms with Crippen LogP contribution in [0.15, 0.2) is 62.5 Å². The SMILES string of the molecule is O=S(=O)(O)c1cc(O)c2c(O)c(N=Nc3ccc([As](=O)(O)O)cc3)c(S(=O)(=O)O)cc2c1. The molecule has 0 fully saturated rings. The fourth-order valence-corrected chi connectivity index (χ4v) is 5.02. The first kappa shape index (κ1) is 23.9. The topological polar surface area (TPSA) is 231 Å². The van der Waals surface area contributed by atoms with Crippen molar-refractivity contribution in [2.75, 3.05) is 0 Å². The minimum atomic E-state index is -5.15. The second kappa shape index (κ2) is 7.97. The van der Waals surface area contributed by atoms with Gasteiger partial charge in [0.2, 0.25) is 0 Å². The van der Waals surface area contributed by atoms with Gasteiger partial charge in [-0.2, -0.15) is 8.42 Å². The summed E-state index contributed by atoms with van der Waals surface area (Å²) in [6, 6.07) is 6.51. The van der Waals surface area contributed by atoms with Crippen LogP contribution in [0.25, 0.3) is 10.8 Å². The molecule has 0 bridgehead atoms. The Bertz CT molecular complexity index is 1530. The second-order valence-electron chi connectivity index (χ2n) is 6.32. The van der Waals surface area contributed by atoms with Crippen molar-refractivity contribution < 1.29 is 48.1 Å². The van der Waals surface area contributed by atoms with Gasteiger partial charge in [0.25, 0.3) is 10.1 Å². The van der Waals surface area contributed by atoms with Gasteiger partial charge in [-0.05, 0) is 0 Å². The van der Waals surface area contributed by atoms with Crippen molar-refractivity contribution in [3.05, 3.63) is 42.5 Å². The zero-order chi connectivity index (χ0) is 24.1. The second-order valence-corrected chi connectivity index (χ2v) is 12.5. The fraction of sp³-hybridized carbons (Fsp3) is 0. The molecule has 0 radical (unpaired) electrons. The maximum atomic E-state index is 11.8. The van der Waals surface area contributed by atoms with Crippen molar-refractivity contribution in [3.8, 4) is 11.5 Å². The fourth-order valence-electron chi connectivity index (χ4n) is 2.70. The molecule has 32 heavy (non-hydrogen) atoms. The Kier molecular flexibility index (Phi) is 5.95. The van der Waals surface area contributed by atoms with Gasteiger partial charge in [-0.25, -0.2) is 0 Å². The Morgan fingerprint density at radius 1 is 0.812 bits per heavy atom. The third-order valence-corrected chi connectivity index (χ3v) is 7.87. The Balaban J connectivity index is 2.24. The van der Waals surface area contributed by atoms with Crippen LogP contribution in [0.4, 0.5) is 11.4 Å². The molecule has 13 nitrogen and oxygen atoms in total. The Morgan fingerprint density at radius 3 is 1.91 bits per heavy atom. The molecule has 0 aliphatic rings. The number of phenolic OH excluding ortho intramolecular Hbond substituents is 2. The molecule has 3 aromatic rings. The molecule has 3 rings (SSSR count). The summed E-state index contributed by atoms with van der Waals surface area (Å²) in [5.74, 6) is -1.83. The van der Waals surface area contributed by atoms with E-state index in [4.69, 9.17) is 12.7 Å². The van der Waals surface area contributed by atoms with Gasteiger partial charge in [0.1, 0.15) is 0 Å². The molecule has 0 aliphatic heterocycles. The van der Waals surface area contributed by atoms with Gasteiger partial charge in [0, 0.05) is 0 Å². The first-order chi connectivity index (χ1) is 14.6. The molecule has 3 aromatic carbocycles. The average molecular weight is 548 g/mol. The predicted molar refractivity (Wildman–Crippen MR) is 108 cm³/mol. The summed E-state index contributed by atoms with van der Waals surface area (Å²) in [5, 5.41) is 27.0. The molecule has 0 spiro atoms. The van der Waals surface area contributed by atoms with Crippen molar-refractivity contribution in [2.45, 2.75) is 9.79 Å². The first-order valence-corrected chi connectivity index (χ1v) is 14.4. The van der Waals surface area contributed by atoms with Crippen LogP contribution in [0.5, 0.6) is 11.5 Å². The van der Waals surface area contributed by atoms with E-state index in [1.165, 1.54) is 0 Å². The Morgan fingerprint density at radius 2 is 1.41 bits per heavy atom. The van der Waals surface area contributed by atoms with Gasteiger partial charge in [-0.15, -0.1) is 0 Å². The van der Waals surface area contributed by atoms with Crippen molar-refractivity contribution in [1.82, 2.24) is 0 Å². The van der Waals surface area contributed by atoms with Crippen LogP contribution in [0.3, 0.4) is 0 Å². The zero-order valence-corrected chi connectivity index (χ0v) is 18.9. The molecule has 0 atom stereocenters. The number of hydrogen-bond acceptors (Lipinski definition) is 9. The minimum absolute atomic E-state index is 0.00979. The summed E-state index contributed by atoms with van der Waals surface area (Å²) in [6.45, 7) is 0. The molecule has 0 heterocycles. The van der Waals surface area contributed by atoms with Crippen molar-refractivity contribution in [2.24, 2.45) is 10.2 Å². The van der Waals surface area contributed by atoms with Gasteiger partial charge in [0.05, 0.1) is 0 Å². The zero-order valence-electron chi connectivity index (χ0n) is 15.4. The van der Waals surface area contributed by atoms with Crippen LogP contribution in [-0.4, -0.2) is 58.5 Å². The van der Waals surface area contributed by atoms with Gasteiger partial charge < -0.3 is 0 Å².